The predicted octanol–water partition coefficient (Wildman–Crippen LogP) is 7.92. The Morgan fingerprint density at radius 1 is 1.08 bits per heavy atom. The lowest BCUT2D eigenvalue weighted by molar-refractivity contribution is -0.274. The monoisotopic (exact) mass is 546 g/mol. The number of fused-ring (bicyclic) bond motifs is 1. The van der Waals surface area contributed by atoms with Gasteiger partial charge in [-0.3, -0.25) is 0 Å². The standard InChI is InChI=1S/C30H21F3N2O3S/c31-30(32,33)38-23-10-11-24(22(14-23)16-34)29(19-2-1-3-19)28(21-9-12-26-25(15-21)35-17-39-26)20-7-4-18(5-8-20)6-13-27(36)37/h4-15,17,19H,1-3H2,(H,36,37)/b13-6+,29-28+. The molecule has 39 heavy (non-hydrogen) atoms. The summed E-state index contributed by atoms with van der Waals surface area (Å²) in [5.41, 5.74) is 7.35. The fourth-order valence-electron chi connectivity index (χ4n) is 4.72. The summed E-state index contributed by atoms with van der Waals surface area (Å²) in [6.07, 6.45) is 0.447. The molecule has 5 rings (SSSR count). The van der Waals surface area contributed by atoms with Crippen molar-refractivity contribution in [3.05, 3.63) is 100 Å². The van der Waals surface area contributed by atoms with Crippen molar-refractivity contribution in [2.45, 2.75) is 25.6 Å². The molecule has 1 saturated carbocycles. The summed E-state index contributed by atoms with van der Waals surface area (Å²) in [6, 6.07) is 19.3. The molecule has 0 atom stereocenters. The number of benzene rings is 3. The van der Waals surface area contributed by atoms with Crippen molar-refractivity contribution in [3.63, 3.8) is 0 Å². The van der Waals surface area contributed by atoms with Gasteiger partial charge in [-0.2, -0.15) is 5.26 Å². The van der Waals surface area contributed by atoms with Crippen molar-refractivity contribution in [1.29, 1.82) is 5.26 Å². The Hall–Kier alpha value is -4.42. The van der Waals surface area contributed by atoms with E-state index >= 15 is 0 Å². The summed E-state index contributed by atoms with van der Waals surface area (Å²) in [6.45, 7) is 0. The second-order valence-corrected chi connectivity index (χ2v) is 10.00. The molecule has 1 heterocycles. The van der Waals surface area contributed by atoms with Crippen molar-refractivity contribution >= 4 is 44.7 Å². The van der Waals surface area contributed by atoms with Crippen LogP contribution in [0.1, 0.15) is 47.1 Å². The average Bonchev–Trinajstić information content (AvgIpc) is 3.34. The van der Waals surface area contributed by atoms with Crippen LogP contribution in [0, 0.1) is 17.2 Å². The van der Waals surface area contributed by atoms with Crippen molar-refractivity contribution in [2.24, 2.45) is 5.92 Å². The van der Waals surface area contributed by atoms with Crippen LogP contribution in [0.4, 0.5) is 13.2 Å². The maximum atomic E-state index is 12.9. The van der Waals surface area contributed by atoms with Gasteiger partial charge >= 0.3 is 12.3 Å². The highest BCUT2D eigenvalue weighted by Crippen LogP contribution is 2.46. The first kappa shape index (κ1) is 26.2. The van der Waals surface area contributed by atoms with Crippen LogP contribution >= 0.6 is 11.3 Å². The Kier molecular flexibility index (Phi) is 7.22. The van der Waals surface area contributed by atoms with E-state index in [9.17, 15) is 23.2 Å². The Morgan fingerprint density at radius 3 is 2.46 bits per heavy atom. The van der Waals surface area contributed by atoms with E-state index in [1.807, 2.05) is 30.3 Å². The number of aromatic nitrogens is 1. The number of halogens is 3. The predicted molar refractivity (Wildman–Crippen MR) is 144 cm³/mol. The molecule has 196 valence electrons. The van der Waals surface area contributed by atoms with Crippen LogP contribution < -0.4 is 4.74 Å². The number of carboxylic acid groups (broad SMARTS) is 1. The van der Waals surface area contributed by atoms with Gasteiger partial charge in [-0.1, -0.05) is 36.8 Å². The topological polar surface area (TPSA) is 83.2 Å². The summed E-state index contributed by atoms with van der Waals surface area (Å²) in [5.74, 6) is -1.40. The lowest BCUT2D eigenvalue weighted by Gasteiger charge is -2.32. The zero-order valence-corrected chi connectivity index (χ0v) is 21.2. The fourth-order valence-corrected chi connectivity index (χ4v) is 5.38. The number of nitriles is 1. The Labute approximate surface area is 226 Å². The number of thiazole rings is 1. The Bertz CT molecular complexity index is 1640. The number of rotatable bonds is 7. The van der Waals surface area contributed by atoms with E-state index < -0.39 is 18.1 Å². The Balaban J connectivity index is 1.74. The van der Waals surface area contributed by atoms with Gasteiger partial charge in [0.25, 0.3) is 0 Å². The van der Waals surface area contributed by atoms with Gasteiger partial charge in [0.1, 0.15) is 5.75 Å². The van der Waals surface area contributed by atoms with E-state index in [2.05, 4.69) is 15.8 Å². The third-order valence-electron chi connectivity index (χ3n) is 6.65. The SMILES string of the molecule is N#Cc1cc(OC(F)(F)F)ccc1/C(=C(\c1ccc(/C=C/C(=O)O)cc1)c1ccc2scnc2c1)C1CCC1. The number of aliphatic carboxylic acids is 1. The number of hydrogen-bond donors (Lipinski definition) is 1. The normalized spacial score (nSPS) is 14.6. The number of hydrogen-bond acceptors (Lipinski definition) is 5. The first-order chi connectivity index (χ1) is 18.7. The third-order valence-corrected chi connectivity index (χ3v) is 7.46. The molecule has 5 nitrogen and oxygen atoms in total. The van der Waals surface area contributed by atoms with Crippen LogP contribution in [0.2, 0.25) is 0 Å². The molecule has 0 amide bonds. The first-order valence-electron chi connectivity index (χ1n) is 12.1. The van der Waals surface area contributed by atoms with Gasteiger partial charge in [-0.05, 0) is 88.6 Å². The molecule has 1 fully saturated rings. The van der Waals surface area contributed by atoms with E-state index in [4.69, 9.17) is 5.11 Å². The summed E-state index contributed by atoms with van der Waals surface area (Å²) in [7, 11) is 0. The van der Waals surface area contributed by atoms with Crippen LogP contribution in [0.5, 0.6) is 5.75 Å². The molecule has 0 bridgehead atoms. The quantitative estimate of drug-likeness (QED) is 0.188. The molecule has 9 heteroatoms. The van der Waals surface area contributed by atoms with Gasteiger partial charge < -0.3 is 9.84 Å². The zero-order chi connectivity index (χ0) is 27.6. The highest BCUT2D eigenvalue weighted by molar-refractivity contribution is 7.16. The number of allylic oxidation sites excluding steroid dienone is 1. The van der Waals surface area contributed by atoms with E-state index in [0.29, 0.717) is 11.1 Å². The molecular formula is C30H21F3N2O3S. The highest BCUT2D eigenvalue weighted by atomic mass is 32.1. The number of ether oxygens (including phenoxy) is 1. The van der Waals surface area contributed by atoms with Gasteiger partial charge in [0.2, 0.25) is 0 Å². The van der Waals surface area contributed by atoms with Crippen molar-refractivity contribution < 1.29 is 27.8 Å². The maximum absolute atomic E-state index is 12.9. The summed E-state index contributed by atoms with van der Waals surface area (Å²) in [4.78, 5) is 15.4. The summed E-state index contributed by atoms with van der Waals surface area (Å²) < 4.78 is 43.7. The van der Waals surface area contributed by atoms with Gasteiger partial charge in [0.15, 0.2) is 0 Å². The Morgan fingerprint density at radius 2 is 1.82 bits per heavy atom. The number of nitrogens with zero attached hydrogens (tertiary/aromatic N) is 2. The van der Waals surface area contributed by atoms with Crippen molar-refractivity contribution in [3.8, 4) is 11.8 Å². The van der Waals surface area contributed by atoms with Crippen LogP contribution in [0.25, 0.3) is 27.4 Å². The molecule has 1 N–H and O–H groups in total. The summed E-state index contributed by atoms with van der Waals surface area (Å²) >= 11 is 1.52. The lowest BCUT2D eigenvalue weighted by atomic mass is 9.72. The van der Waals surface area contributed by atoms with E-state index in [1.165, 1.54) is 29.5 Å². The molecular weight excluding hydrogens is 525 g/mol. The van der Waals surface area contributed by atoms with Crippen LogP contribution in [0.3, 0.4) is 0 Å². The van der Waals surface area contributed by atoms with Gasteiger partial charge in [-0.15, -0.1) is 24.5 Å². The second-order valence-electron chi connectivity index (χ2n) is 9.11. The van der Waals surface area contributed by atoms with Gasteiger partial charge in [-0.25, -0.2) is 9.78 Å². The van der Waals surface area contributed by atoms with E-state index in [1.54, 1.807) is 17.6 Å². The largest absolute Gasteiger partial charge is 0.573 e. The van der Waals surface area contributed by atoms with Crippen LogP contribution in [-0.2, 0) is 4.79 Å². The molecule has 0 unspecified atom stereocenters. The smallest absolute Gasteiger partial charge is 0.478 e. The fraction of sp³-hybridized carbons (Fsp3) is 0.167. The van der Waals surface area contributed by atoms with E-state index in [0.717, 1.165) is 63.9 Å². The average molecular weight is 547 g/mol. The molecule has 1 aliphatic rings. The molecule has 0 saturated heterocycles. The van der Waals surface area contributed by atoms with Gasteiger partial charge in [0.05, 0.1) is 27.4 Å². The molecule has 1 aliphatic carbocycles. The first-order valence-corrected chi connectivity index (χ1v) is 13.0. The van der Waals surface area contributed by atoms with Crippen LogP contribution in [0.15, 0.2) is 72.3 Å². The molecule has 1 aromatic heterocycles. The maximum Gasteiger partial charge on any atom is 0.573 e. The number of alkyl halides is 3. The van der Waals surface area contributed by atoms with Crippen molar-refractivity contribution in [2.75, 3.05) is 0 Å². The van der Waals surface area contributed by atoms with Crippen LogP contribution in [-0.4, -0.2) is 22.4 Å². The molecule has 0 spiro atoms. The molecule has 0 radical (unpaired) electrons. The second kappa shape index (κ2) is 10.8. The van der Waals surface area contributed by atoms with Gasteiger partial charge in [0, 0.05) is 6.08 Å². The third kappa shape index (κ3) is 5.86. The molecule has 0 aliphatic heterocycles. The minimum Gasteiger partial charge on any atom is -0.478 e. The number of carboxylic acids is 1. The van der Waals surface area contributed by atoms with E-state index in [-0.39, 0.29) is 11.5 Å². The lowest BCUT2D eigenvalue weighted by Crippen LogP contribution is -2.18. The highest BCUT2D eigenvalue weighted by Gasteiger charge is 2.33. The summed E-state index contributed by atoms with van der Waals surface area (Å²) in [5, 5.41) is 18.9. The number of carbonyl (C=O) groups is 1. The molecule has 4 aromatic rings. The minimum atomic E-state index is -4.87. The van der Waals surface area contributed by atoms with Crippen molar-refractivity contribution in [1.82, 2.24) is 4.98 Å². The molecule has 3 aromatic carbocycles. The minimum absolute atomic E-state index is 0.0897. The zero-order valence-electron chi connectivity index (χ0n) is 20.4.